The number of amides is 1. The molecular formula is C17H25N5OS. The van der Waals surface area contributed by atoms with Gasteiger partial charge in [0.1, 0.15) is 5.69 Å². The summed E-state index contributed by atoms with van der Waals surface area (Å²) in [4.78, 5) is 21.6. The van der Waals surface area contributed by atoms with Crippen LogP contribution < -0.4 is 0 Å². The first-order valence-corrected chi connectivity index (χ1v) is 9.36. The molecule has 24 heavy (non-hydrogen) atoms. The summed E-state index contributed by atoms with van der Waals surface area (Å²) in [6, 6.07) is 2.05. The number of hydrogen-bond acceptors (Lipinski definition) is 5. The fourth-order valence-corrected chi connectivity index (χ4v) is 3.74. The Morgan fingerprint density at radius 3 is 2.79 bits per heavy atom. The lowest BCUT2D eigenvalue weighted by Gasteiger charge is -2.21. The van der Waals surface area contributed by atoms with Crippen molar-refractivity contribution in [2.24, 2.45) is 7.05 Å². The Morgan fingerprint density at radius 2 is 2.12 bits per heavy atom. The molecule has 3 rings (SSSR count). The molecule has 2 aromatic heterocycles. The maximum atomic E-state index is 12.7. The summed E-state index contributed by atoms with van der Waals surface area (Å²) in [5.74, 6) is 0.440. The molecule has 2 aromatic rings. The van der Waals surface area contributed by atoms with Crippen LogP contribution in [0.4, 0.5) is 0 Å². The Balaban J connectivity index is 1.60. The monoisotopic (exact) mass is 347 g/mol. The first kappa shape index (κ1) is 17.1. The number of aromatic nitrogens is 3. The summed E-state index contributed by atoms with van der Waals surface area (Å²) in [7, 11) is 1.97. The zero-order valence-electron chi connectivity index (χ0n) is 14.6. The van der Waals surface area contributed by atoms with Gasteiger partial charge in [-0.15, -0.1) is 11.3 Å². The number of thiazole rings is 1. The lowest BCUT2D eigenvalue weighted by molar-refractivity contribution is 0.0755. The first-order valence-electron chi connectivity index (χ1n) is 8.48. The molecule has 0 N–H and O–H groups in total. The third-order valence-electron chi connectivity index (χ3n) is 4.42. The highest BCUT2D eigenvalue weighted by Gasteiger charge is 2.23. The number of carbonyl (C=O) groups excluding carboxylic acids is 1. The van der Waals surface area contributed by atoms with E-state index in [1.165, 1.54) is 5.69 Å². The Bertz CT molecular complexity index is 693. The summed E-state index contributed by atoms with van der Waals surface area (Å²) in [5, 5.41) is 7.16. The predicted octanol–water partition coefficient (Wildman–Crippen LogP) is 2.35. The van der Waals surface area contributed by atoms with Crippen molar-refractivity contribution in [1.29, 1.82) is 0 Å². The van der Waals surface area contributed by atoms with Gasteiger partial charge in [-0.05, 0) is 12.5 Å². The quantitative estimate of drug-likeness (QED) is 0.852. The Labute approximate surface area is 147 Å². The van der Waals surface area contributed by atoms with Gasteiger partial charge in [0, 0.05) is 57.3 Å². The van der Waals surface area contributed by atoms with Gasteiger partial charge in [-0.25, -0.2) is 4.98 Å². The molecule has 3 heterocycles. The molecule has 1 amide bonds. The minimum absolute atomic E-state index is 0.0699. The summed E-state index contributed by atoms with van der Waals surface area (Å²) >= 11 is 1.58. The van der Waals surface area contributed by atoms with Gasteiger partial charge in [-0.1, -0.05) is 13.8 Å². The van der Waals surface area contributed by atoms with Crippen molar-refractivity contribution < 1.29 is 4.79 Å². The zero-order valence-corrected chi connectivity index (χ0v) is 15.4. The van der Waals surface area contributed by atoms with Gasteiger partial charge < -0.3 is 4.90 Å². The van der Waals surface area contributed by atoms with Crippen molar-refractivity contribution in [2.45, 2.75) is 32.7 Å². The fourth-order valence-electron chi connectivity index (χ4n) is 2.93. The molecule has 130 valence electrons. The number of carbonyl (C=O) groups is 1. The predicted molar refractivity (Wildman–Crippen MR) is 95.2 cm³/mol. The van der Waals surface area contributed by atoms with Gasteiger partial charge in [0.15, 0.2) is 0 Å². The molecule has 0 aromatic carbocycles. The van der Waals surface area contributed by atoms with E-state index < -0.39 is 0 Å². The van der Waals surface area contributed by atoms with Crippen LogP contribution in [0.2, 0.25) is 0 Å². The van der Waals surface area contributed by atoms with E-state index in [1.807, 2.05) is 28.2 Å². The number of nitrogens with zero attached hydrogens (tertiary/aromatic N) is 5. The van der Waals surface area contributed by atoms with Crippen LogP contribution in [-0.4, -0.2) is 56.7 Å². The Kier molecular flexibility index (Phi) is 5.30. The van der Waals surface area contributed by atoms with Gasteiger partial charge in [-0.3, -0.25) is 14.4 Å². The van der Waals surface area contributed by atoms with Crippen molar-refractivity contribution in [3.63, 3.8) is 0 Å². The average Bonchev–Trinajstić information content (AvgIpc) is 3.13. The molecule has 0 spiro atoms. The molecule has 0 saturated carbocycles. The number of aryl methyl sites for hydroxylation is 1. The third kappa shape index (κ3) is 3.84. The van der Waals surface area contributed by atoms with Crippen molar-refractivity contribution in [3.8, 4) is 0 Å². The Morgan fingerprint density at radius 1 is 1.29 bits per heavy atom. The SMILES string of the molecule is CC(C)c1nc(C(=O)N2CCCN(Cc3ccnn3C)CC2)cs1. The van der Waals surface area contributed by atoms with Crippen LogP contribution in [0.5, 0.6) is 0 Å². The molecule has 0 unspecified atom stereocenters. The van der Waals surface area contributed by atoms with Crippen LogP contribution in [0.15, 0.2) is 17.6 Å². The van der Waals surface area contributed by atoms with E-state index in [4.69, 9.17) is 0 Å². The number of rotatable bonds is 4. The number of hydrogen-bond donors (Lipinski definition) is 0. The van der Waals surface area contributed by atoms with E-state index in [0.29, 0.717) is 11.6 Å². The van der Waals surface area contributed by atoms with Gasteiger partial charge in [0.2, 0.25) is 0 Å². The van der Waals surface area contributed by atoms with Gasteiger partial charge in [-0.2, -0.15) is 5.10 Å². The molecule has 0 aliphatic carbocycles. The third-order valence-corrected chi connectivity index (χ3v) is 5.56. The van der Waals surface area contributed by atoms with Crippen LogP contribution in [0, 0.1) is 0 Å². The molecule has 1 aliphatic rings. The summed E-state index contributed by atoms with van der Waals surface area (Å²) in [5.41, 5.74) is 1.81. The lowest BCUT2D eigenvalue weighted by Crippen LogP contribution is -2.35. The zero-order chi connectivity index (χ0) is 17.1. The molecule has 1 aliphatic heterocycles. The highest BCUT2D eigenvalue weighted by atomic mass is 32.1. The van der Waals surface area contributed by atoms with E-state index in [9.17, 15) is 4.79 Å². The average molecular weight is 347 g/mol. The van der Waals surface area contributed by atoms with E-state index in [2.05, 4.69) is 34.9 Å². The molecular weight excluding hydrogens is 322 g/mol. The molecule has 0 atom stereocenters. The molecule has 1 saturated heterocycles. The summed E-state index contributed by atoms with van der Waals surface area (Å²) in [6.07, 6.45) is 2.82. The minimum Gasteiger partial charge on any atom is -0.336 e. The molecule has 0 radical (unpaired) electrons. The van der Waals surface area contributed by atoms with Gasteiger partial charge >= 0.3 is 0 Å². The van der Waals surface area contributed by atoms with Crippen molar-refractivity contribution >= 4 is 17.2 Å². The molecule has 1 fully saturated rings. The highest BCUT2D eigenvalue weighted by Crippen LogP contribution is 2.20. The van der Waals surface area contributed by atoms with Crippen LogP contribution in [0.1, 0.15) is 47.4 Å². The summed E-state index contributed by atoms with van der Waals surface area (Å²) in [6.45, 7) is 8.54. The van der Waals surface area contributed by atoms with E-state index >= 15 is 0 Å². The largest absolute Gasteiger partial charge is 0.336 e. The summed E-state index contributed by atoms with van der Waals surface area (Å²) < 4.78 is 1.91. The van der Waals surface area contributed by atoms with Crippen LogP contribution in [-0.2, 0) is 13.6 Å². The smallest absolute Gasteiger partial charge is 0.273 e. The fraction of sp³-hybridized carbons (Fsp3) is 0.588. The molecule has 6 nitrogen and oxygen atoms in total. The second kappa shape index (κ2) is 7.44. The second-order valence-electron chi connectivity index (χ2n) is 6.59. The standard InChI is InChI=1S/C17H25N5OS/c1-13(2)16-19-15(12-24-16)17(23)22-8-4-7-21(9-10-22)11-14-5-6-18-20(14)3/h5-6,12-13H,4,7-11H2,1-3H3. The highest BCUT2D eigenvalue weighted by molar-refractivity contribution is 7.09. The Hall–Kier alpha value is -1.73. The molecule has 7 heteroatoms. The topological polar surface area (TPSA) is 54.3 Å². The van der Waals surface area contributed by atoms with Crippen molar-refractivity contribution in [1.82, 2.24) is 24.6 Å². The van der Waals surface area contributed by atoms with Crippen LogP contribution in [0.3, 0.4) is 0 Å². The first-order chi connectivity index (χ1) is 11.5. The van der Waals surface area contributed by atoms with Crippen molar-refractivity contribution in [2.75, 3.05) is 26.2 Å². The second-order valence-corrected chi connectivity index (χ2v) is 7.48. The normalized spacial score (nSPS) is 16.6. The van der Waals surface area contributed by atoms with Gasteiger partial charge in [0.05, 0.1) is 10.7 Å². The van der Waals surface area contributed by atoms with E-state index in [-0.39, 0.29) is 5.91 Å². The maximum Gasteiger partial charge on any atom is 0.273 e. The minimum atomic E-state index is 0.0699. The van der Waals surface area contributed by atoms with Gasteiger partial charge in [0.25, 0.3) is 5.91 Å². The van der Waals surface area contributed by atoms with Crippen LogP contribution >= 0.6 is 11.3 Å². The van der Waals surface area contributed by atoms with Crippen molar-refractivity contribution in [3.05, 3.63) is 34.0 Å². The van der Waals surface area contributed by atoms with E-state index in [0.717, 1.165) is 44.2 Å². The molecule has 0 bridgehead atoms. The lowest BCUT2D eigenvalue weighted by atomic mass is 10.2. The maximum absolute atomic E-state index is 12.7. The van der Waals surface area contributed by atoms with E-state index in [1.54, 1.807) is 11.3 Å². The van der Waals surface area contributed by atoms with Crippen LogP contribution in [0.25, 0.3) is 0 Å².